The Morgan fingerprint density at radius 3 is 2.56 bits per heavy atom. The number of nitrogens with zero attached hydrogens (tertiary/aromatic N) is 2. The third-order valence-corrected chi connectivity index (χ3v) is 3.48. The lowest BCUT2D eigenvalue weighted by Crippen LogP contribution is -2.29. The Hall–Kier alpha value is -1.74. The van der Waals surface area contributed by atoms with Crippen molar-refractivity contribution >= 4 is 0 Å². The van der Waals surface area contributed by atoms with Gasteiger partial charge in [0.1, 0.15) is 6.33 Å². The van der Waals surface area contributed by atoms with Crippen molar-refractivity contribution < 1.29 is 0 Å². The number of hydrogen-bond acceptors (Lipinski definition) is 3. The second-order valence-corrected chi connectivity index (χ2v) is 4.91. The largest absolute Gasteiger partial charge is 0.308 e. The monoisotopic (exact) mass is 239 g/mol. The highest BCUT2D eigenvalue weighted by Gasteiger charge is 2.20. The van der Waals surface area contributed by atoms with Gasteiger partial charge in [-0.3, -0.25) is 0 Å². The first-order valence-corrected chi connectivity index (χ1v) is 6.39. The molecule has 1 aliphatic rings. The van der Waals surface area contributed by atoms with E-state index in [9.17, 15) is 0 Å². The fourth-order valence-electron chi connectivity index (χ4n) is 2.56. The Morgan fingerprint density at radius 1 is 1.17 bits per heavy atom. The molecule has 0 saturated carbocycles. The fourth-order valence-corrected chi connectivity index (χ4v) is 2.56. The standard InChI is InChI=1S/C15H17N3/c1-11-6-15(18-10-17-11)9-16-14-7-12-4-2-3-5-13(12)8-14/h2-6,10,14,16H,7-9H2,1H3. The van der Waals surface area contributed by atoms with Gasteiger partial charge in [-0.15, -0.1) is 0 Å². The van der Waals surface area contributed by atoms with Gasteiger partial charge in [-0.2, -0.15) is 0 Å². The molecule has 1 aromatic carbocycles. The quantitative estimate of drug-likeness (QED) is 0.890. The number of benzene rings is 1. The van der Waals surface area contributed by atoms with Crippen LogP contribution in [0.15, 0.2) is 36.7 Å². The molecular weight excluding hydrogens is 222 g/mol. The van der Waals surface area contributed by atoms with Crippen LogP contribution in [-0.4, -0.2) is 16.0 Å². The fraction of sp³-hybridized carbons (Fsp3) is 0.333. The van der Waals surface area contributed by atoms with E-state index in [0.717, 1.165) is 30.8 Å². The van der Waals surface area contributed by atoms with Crippen molar-refractivity contribution in [2.75, 3.05) is 0 Å². The van der Waals surface area contributed by atoms with Gasteiger partial charge in [-0.25, -0.2) is 9.97 Å². The lowest BCUT2D eigenvalue weighted by molar-refractivity contribution is 0.527. The van der Waals surface area contributed by atoms with Gasteiger partial charge in [-0.05, 0) is 37.0 Å². The zero-order valence-corrected chi connectivity index (χ0v) is 10.6. The third-order valence-electron chi connectivity index (χ3n) is 3.48. The summed E-state index contributed by atoms with van der Waals surface area (Å²) in [6, 6.07) is 11.3. The molecule has 92 valence electrons. The average molecular weight is 239 g/mol. The molecule has 2 aromatic rings. The van der Waals surface area contributed by atoms with Crippen LogP contribution < -0.4 is 5.32 Å². The number of rotatable bonds is 3. The van der Waals surface area contributed by atoms with Gasteiger partial charge in [-0.1, -0.05) is 24.3 Å². The van der Waals surface area contributed by atoms with Crippen molar-refractivity contribution in [3.8, 4) is 0 Å². The van der Waals surface area contributed by atoms with E-state index in [-0.39, 0.29) is 0 Å². The third kappa shape index (κ3) is 2.41. The summed E-state index contributed by atoms with van der Waals surface area (Å²) < 4.78 is 0. The Balaban J connectivity index is 1.60. The van der Waals surface area contributed by atoms with Gasteiger partial charge >= 0.3 is 0 Å². The Morgan fingerprint density at radius 2 is 1.89 bits per heavy atom. The summed E-state index contributed by atoms with van der Waals surface area (Å²) >= 11 is 0. The Kier molecular flexibility index (Phi) is 3.07. The Bertz CT molecular complexity index is 526. The molecule has 0 bridgehead atoms. The molecule has 0 unspecified atom stereocenters. The van der Waals surface area contributed by atoms with Crippen molar-refractivity contribution in [2.24, 2.45) is 0 Å². The number of aryl methyl sites for hydroxylation is 1. The molecule has 1 aromatic heterocycles. The molecule has 3 nitrogen and oxygen atoms in total. The van der Waals surface area contributed by atoms with E-state index in [0.29, 0.717) is 6.04 Å². The van der Waals surface area contributed by atoms with E-state index in [1.165, 1.54) is 11.1 Å². The van der Waals surface area contributed by atoms with Crippen LogP contribution in [0, 0.1) is 6.92 Å². The summed E-state index contributed by atoms with van der Waals surface area (Å²) in [5.41, 5.74) is 5.05. The minimum atomic E-state index is 0.540. The molecule has 0 radical (unpaired) electrons. The van der Waals surface area contributed by atoms with Crippen LogP contribution in [0.1, 0.15) is 22.5 Å². The van der Waals surface area contributed by atoms with Gasteiger partial charge in [0.15, 0.2) is 0 Å². The van der Waals surface area contributed by atoms with E-state index in [1.807, 2.05) is 13.0 Å². The normalized spacial score (nSPS) is 14.7. The van der Waals surface area contributed by atoms with Crippen LogP contribution in [0.2, 0.25) is 0 Å². The smallest absolute Gasteiger partial charge is 0.115 e. The topological polar surface area (TPSA) is 37.8 Å². The molecule has 0 spiro atoms. The first kappa shape index (κ1) is 11.4. The predicted octanol–water partition coefficient (Wildman–Crippen LogP) is 2.04. The van der Waals surface area contributed by atoms with Crippen molar-refractivity contribution in [3.63, 3.8) is 0 Å². The van der Waals surface area contributed by atoms with E-state index in [2.05, 4.69) is 39.6 Å². The summed E-state index contributed by atoms with van der Waals surface area (Å²) in [4.78, 5) is 8.39. The second kappa shape index (κ2) is 4.86. The predicted molar refractivity (Wildman–Crippen MR) is 71.2 cm³/mol. The van der Waals surface area contributed by atoms with Gasteiger partial charge in [0.2, 0.25) is 0 Å². The van der Waals surface area contributed by atoms with Gasteiger partial charge in [0, 0.05) is 18.3 Å². The molecule has 0 fully saturated rings. The summed E-state index contributed by atoms with van der Waals surface area (Å²) in [7, 11) is 0. The lowest BCUT2D eigenvalue weighted by Gasteiger charge is -2.11. The van der Waals surface area contributed by atoms with E-state index < -0.39 is 0 Å². The maximum atomic E-state index is 4.28. The zero-order valence-electron chi connectivity index (χ0n) is 10.6. The maximum absolute atomic E-state index is 4.28. The molecule has 1 N–H and O–H groups in total. The van der Waals surface area contributed by atoms with Crippen LogP contribution >= 0.6 is 0 Å². The van der Waals surface area contributed by atoms with Crippen molar-refractivity contribution in [1.82, 2.24) is 15.3 Å². The van der Waals surface area contributed by atoms with E-state index in [4.69, 9.17) is 0 Å². The molecule has 1 heterocycles. The SMILES string of the molecule is Cc1cc(CNC2Cc3ccccc3C2)ncn1. The van der Waals surface area contributed by atoms with Crippen LogP contribution in [0.25, 0.3) is 0 Å². The maximum Gasteiger partial charge on any atom is 0.115 e. The highest BCUT2D eigenvalue weighted by atomic mass is 14.9. The Labute approximate surface area is 107 Å². The summed E-state index contributed by atoms with van der Waals surface area (Å²) in [6.45, 7) is 2.82. The van der Waals surface area contributed by atoms with Crippen molar-refractivity contribution in [3.05, 3.63) is 59.2 Å². The lowest BCUT2D eigenvalue weighted by atomic mass is 10.1. The van der Waals surface area contributed by atoms with Crippen LogP contribution in [0.4, 0.5) is 0 Å². The first-order chi connectivity index (χ1) is 8.81. The van der Waals surface area contributed by atoms with Gasteiger partial charge in [0.05, 0.1) is 5.69 Å². The summed E-state index contributed by atoms with van der Waals surface area (Å²) in [6.07, 6.45) is 3.89. The molecule has 18 heavy (non-hydrogen) atoms. The summed E-state index contributed by atoms with van der Waals surface area (Å²) in [5, 5.41) is 3.58. The number of aromatic nitrogens is 2. The van der Waals surface area contributed by atoms with Crippen molar-refractivity contribution in [2.45, 2.75) is 32.4 Å². The second-order valence-electron chi connectivity index (χ2n) is 4.91. The molecule has 0 amide bonds. The molecular formula is C15H17N3. The minimum Gasteiger partial charge on any atom is -0.308 e. The van der Waals surface area contributed by atoms with Crippen LogP contribution in [0.3, 0.4) is 0 Å². The molecule has 0 saturated heterocycles. The first-order valence-electron chi connectivity index (χ1n) is 6.39. The van der Waals surface area contributed by atoms with Crippen LogP contribution in [-0.2, 0) is 19.4 Å². The van der Waals surface area contributed by atoms with Gasteiger partial charge < -0.3 is 5.32 Å². The van der Waals surface area contributed by atoms with E-state index >= 15 is 0 Å². The molecule has 0 atom stereocenters. The highest BCUT2D eigenvalue weighted by molar-refractivity contribution is 5.33. The average Bonchev–Trinajstić information content (AvgIpc) is 2.79. The zero-order chi connectivity index (χ0) is 12.4. The number of hydrogen-bond donors (Lipinski definition) is 1. The van der Waals surface area contributed by atoms with Crippen LogP contribution in [0.5, 0.6) is 0 Å². The van der Waals surface area contributed by atoms with Crippen molar-refractivity contribution in [1.29, 1.82) is 0 Å². The number of nitrogens with one attached hydrogen (secondary N) is 1. The van der Waals surface area contributed by atoms with E-state index in [1.54, 1.807) is 6.33 Å². The molecule has 0 aliphatic heterocycles. The minimum absolute atomic E-state index is 0.540. The van der Waals surface area contributed by atoms with Gasteiger partial charge in [0.25, 0.3) is 0 Å². The number of fused-ring (bicyclic) bond motifs is 1. The summed E-state index contributed by atoms with van der Waals surface area (Å²) in [5.74, 6) is 0. The molecule has 3 rings (SSSR count). The molecule has 1 aliphatic carbocycles. The highest BCUT2D eigenvalue weighted by Crippen LogP contribution is 2.21. The molecule has 3 heteroatoms.